The Morgan fingerprint density at radius 3 is 2.62 bits per heavy atom. The monoisotopic (exact) mass is 386 g/mol. The molecule has 3 rings (SSSR count). The Hall–Kier alpha value is -2.51. The molecule has 0 unspecified atom stereocenters. The van der Waals surface area contributed by atoms with Gasteiger partial charge in [-0.25, -0.2) is 9.78 Å². The van der Waals surface area contributed by atoms with Gasteiger partial charge in [0.15, 0.2) is 11.2 Å². The highest BCUT2D eigenvalue weighted by atomic mass is 32.1. The average molecular weight is 386 g/mol. The van der Waals surface area contributed by atoms with Crippen molar-refractivity contribution in [3.63, 3.8) is 0 Å². The van der Waals surface area contributed by atoms with Gasteiger partial charge in [-0.1, -0.05) is 37.3 Å². The second kappa shape index (κ2) is 8.25. The number of thiophene rings is 1. The molecule has 0 aliphatic rings. The number of benzene rings is 1. The van der Waals surface area contributed by atoms with Crippen molar-refractivity contribution in [2.75, 3.05) is 5.32 Å². The Labute approximate surface area is 159 Å². The number of esters is 1. The van der Waals surface area contributed by atoms with Gasteiger partial charge in [-0.05, 0) is 30.4 Å². The van der Waals surface area contributed by atoms with Crippen LogP contribution in [0.1, 0.15) is 29.1 Å². The predicted molar refractivity (Wildman–Crippen MR) is 105 cm³/mol. The lowest BCUT2D eigenvalue weighted by Crippen LogP contribution is -2.29. The number of nitrogens with one attached hydrogen (secondary N) is 1. The minimum absolute atomic E-state index is 0.405. The van der Waals surface area contributed by atoms with Crippen molar-refractivity contribution in [3.05, 3.63) is 57.6 Å². The minimum Gasteiger partial charge on any atom is -0.448 e. The second-order valence-corrected chi connectivity index (χ2v) is 7.41. The van der Waals surface area contributed by atoms with E-state index in [9.17, 15) is 9.59 Å². The molecule has 26 heavy (non-hydrogen) atoms. The van der Waals surface area contributed by atoms with E-state index in [2.05, 4.69) is 29.4 Å². The number of hydrogen-bond acceptors (Lipinski definition) is 6. The van der Waals surface area contributed by atoms with Gasteiger partial charge in [-0.2, -0.15) is 0 Å². The molecule has 0 spiro atoms. The van der Waals surface area contributed by atoms with Crippen LogP contribution in [0.25, 0.3) is 11.3 Å². The number of nitrogens with zero attached hydrogens (tertiary/aromatic N) is 1. The fraction of sp³-hybridized carbons (Fsp3) is 0.211. The maximum absolute atomic E-state index is 12.2. The first-order chi connectivity index (χ1) is 12.6. The molecule has 1 N–H and O–H groups in total. The molecule has 2 aromatic heterocycles. The predicted octanol–water partition coefficient (Wildman–Crippen LogP) is 4.62. The van der Waals surface area contributed by atoms with E-state index in [-0.39, 0.29) is 0 Å². The van der Waals surface area contributed by atoms with Crippen molar-refractivity contribution >= 4 is 39.7 Å². The van der Waals surface area contributed by atoms with E-state index in [0.717, 1.165) is 17.7 Å². The lowest BCUT2D eigenvalue weighted by atomic mass is 10.1. The van der Waals surface area contributed by atoms with Crippen LogP contribution in [0.2, 0.25) is 0 Å². The third-order valence-electron chi connectivity index (χ3n) is 3.77. The smallest absolute Gasteiger partial charge is 0.349 e. The second-order valence-electron chi connectivity index (χ2n) is 5.60. The number of ether oxygens (including phenoxy) is 1. The van der Waals surface area contributed by atoms with Crippen LogP contribution in [0.4, 0.5) is 5.13 Å². The van der Waals surface area contributed by atoms with Crippen molar-refractivity contribution in [3.8, 4) is 11.3 Å². The highest BCUT2D eigenvalue weighted by Gasteiger charge is 2.20. The number of amides is 1. The fourth-order valence-electron chi connectivity index (χ4n) is 2.25. The van der Waals surface area contributed by atoms with Gasteiger partial charge in [-0.3, -0.25) is 10.1 Å². The molecule has 1 amide bonds. The van der Waals surface area contributed by atoms with Crippen LogP contribution in [0, 0.1) is 0 Å². The molecule has 3 aromatic rings. The zero-order chi connectivity index (χ0) is 18.5. The number of thiazole rings is 1. The largest absolute Gasteiger partial charge is 0.448 e. The van der Waals surface area contributed by atoms with Crippen LogP contribution in [0.3, 0.4) is 0 Å². The Morgan fingerprint density at radius 2 is 1.96 bits per heavy atom. The number of anilines is 1. The van der Waals surface area contributed by atoms with Crippen molar-refractivity contribution in [2.24, 2.45) is 0 Å². The Morgan fingerprint density at radius 1 is 1.19 bits per heavy atom. The van der Waals surface area contributed by atoms with E-state index in [1.54, 1.807) is 24.4 Å². The zero-order valence-electron chi connectivity index (χ0n) is 14.4. The third-order valence-corrected chi connectivity index (χ3v) is 5.38. The summed E-state index contributed by atoms with van der Waals surface area (Å²) in [5.74, 6) is -0.907. The molecule has 2 heterocycles. The number of carbonyl (C=O) groups is 2. The minimum atomic E-state index is -0.902. The van der Waals surface area contributed by atoms with Gasteiger partial charge >= 0.3 is 5.97 Å². The van der Waals surface area contributed by atoms with Crippen LogP contribution >= 0.6 is 22.7 Å². The third kappa shape index (κ3) is 4.36. The average Bonchev–Trinajstić information content (AvgIpc) is 3.34. The molecular weight excluding hydrogens is 368 g/mol. The van der Waals surface area contributed by atoms with E-state index < -0.39 is 18.0 Å². The molecule has 0 bridgehead atoms. The number of hydrogen-bond donors (Lipinski definition) is 1. The Kier molecular flexibility index (Phi) is 5.80. The maximum Gasteiger partial charge on any atom is 0.349 e. The van der Waals surface area contributed by atoms with Crippen molar-refractivity contribution < 1.29 is 14.3 Å². The van der Waals surface area contributed by atoms with Gasteiger partial charge in [0.05, 0.1) is 5.69 Å². The summed E-state index contributed by atoms with van der Waals surface area (Å²) in [6, 6.07) is 11.6. The summed E-state index contributed by atoms with van der Waals surface area (Å²) in [7, 11) is 0. The van der Waals surface area contributed by atoms with Gasteiger partial charge < -0.3 is 4.74 Å². The van der Waals surface area contributed by atoms with Crippen LogP contribution in [-0.4, -0.2) is 23.0 Å². The molecule has 1 atom stereocenters. The number of aromatic nitrogens is 1. The maximum atomic E-state index is 12.2. The normalized spacial score (nSPS) is 11.8. The van der Waals surface area contributed by atoms with E-state index in [0.29, 0.717) is 10.0 Å². The molecule has 0 aliphatic heterocycles. The van der Waals surface area contributed by atoms with Crippen LogP contribution in [0.5, 0.6) is 0 Å². The van der Waals surface area contributed by atoms with Crippen molar-refractivity contribution in [1.29, 1.82) is 0 Å². The zero-order valence-corrected chi connectivity index (χ0v) is 16.0. The van der Waals surface area contributed by atoms with Crippen LogP contribution in [-0.2, 0) is 16.0 Å². The lowest BCUT2D eigenvalue weighted by Gasteiger charge is -2.11. The summed E-state index contributed by atoms with van der Waals surface area (Å²) in [4.78, 5) is 29.0. The lowest BCUT2D eigenvalue weighted by molar-refractivity contribution is -0.123. The van der Waals surface area contributed by atoms with E-state index in [4.69, 9.17) is 4.74 Å². The molecule has 5 nitrogen and oxygen atoms in total. The molecule has 7 heteroatoms. The van der Waals surface area contributed by atoms with Gasteiger partial charge in [0.1, 0.15) is 4.88 Å². The van der Waals surface area contributed by atoms with E-state index in [1.807, 2.05) is 17.5 Å². The molecular formula is C19H18N2O3S2. The summed E-state index contributed by atoms with van der Waals surface area (Å²) < 4.78 is 5.18. The molecule has 0 radical (unpaired) electrons. The molecule has 1 aromatic carbocycles. The van der Waals surface area contributed by atoms with E-state index >= 15 is 0 Å². The molecule has 0 saturated carbocycles. The number of carbonyl (C=O) groups excluding carboxylic acids is 2. The Balaban J connectivity index is 1.60. The highest BCUT2D eigenvalue weighted by molar-refractivity contribution is 7.14. The standard InChI is InChI=1S/C19H18N2O3S2/c1-3-13-6-8-14(9-7-13)15-11-26-19(20-15)21-17(22)12(2)24-18(23)16-5-4-10-25-16/h4-12H,3H2,1-2H3,(H,20,21,22)/t12-/m0/s1. The summed E-state index contributed by atoms with van der Waals surface area (Å²) in [5, 5.41) is 6.85. The first kappa shape index (κ1) is 18.3. The summed E-state index contributed by atoms with van der Waals surface area (Å²) >= 11 is 2.61. The number of aryl methyl sites for hydroxylation is 1. The molecule has 0 fully saturated rings. The van der Waals surface area contributed by atoms with Crippen LogP contribution < -0.4 is 5.32 Å². The highest BCUT2D eigenvalue weighted by Crippen LogP contribution is 2.25. The van der Waals surface area contributed by atoms with E-state index in [1.165, 1.54) is 28.2 Å². The summed E-state index contributed by atoms with van der Waals surface area (Å²) in [6.45, 7) is 3.65. The SMILES string of the molecule is CCc1ccc(-c2csc(NC(=O)[C@H](C)OC(=O)c3cccs3)n2)cc1. The quantitative estimate of drug-likeness (QED) is 0.628. The van der Waals surface area contributed by atoms with Crippen molar-refractivity contribution in [2.45, 2.75) is 26.4 Å². The first-order valence-electron chi connectivity index (χ1n) is 8.17. The van der Waals surface area contributed by atoms with Gasteiger partial charge in [-0.15, -0.1) is 22.7 Å². The van der Waals surface area contributed by atoms with Crippen molar-refractivity contribution in [1.82, 2.24) is 4.98 Å². The van der Waals surface area contributed by atoms with Crippen LogP contribution in [0.15, 0.2) is 47.2 Å². The molecule has 0 aliphatic carbocycles. The topological polar surface area (TPSA) is 68.3 Å². The fourth-order valence-corrected chi connectivity index (χ4v) is 3.58. The Bertz CT molecular complexity index is 886. The molecule has 134 valence electrons. The summed E-state index contributed by atoms with van der Waals surface area (Å²) in [6.07, 6.45) is 0.0848. The van der Waals surface area contributed by atoms with Gasteiger partial charge in [0.25, 0.3) is 5.91 Å². The number of rotatable bonds is 6. The van der Waals surface area contributed by atoms with Gasteiger partial charge in [0, 0.05) is 10.9 Å². The molecule has 0 saturated heterocycles. The first-order valence-corrected chi connectivity index (χ1v) is 9.93. The van der Waals surface area contributed by atoms with Gasteiger partial charge in [0.2, 0.25) is 0 Å². The summed E-state index contributed by atoms with van der Waals surface area (Å²) in [5.41, 5.74) is 3.06.